The minimum absolute atomic E-state index is 0.546. The molecule has 2 rings (SSSR count). The van der Waals surface area contributed by atoms with Gasteiger partial charge in [-0.3, -0.25) is 9.38 Å². The Labute approximate surface area is 69.1 Å². The van der Waals surface area contributed by atoms with Crippen molar-refractivity contribution in [3.63, 3.8) is 0 Å². The van der Waals surface area contributed by atoms with Gasteiger partial charge in [0.2, 0.25) is 0 Å². The van der Waals surface area contributed by atoms with Crippen LogP contribution in [0.3, 0.4) is 0 Å². The third-order valence-electron chi connectivity index (χ3n) is 1.71. The van der Waals surface area contributed by atoms with E-state index in [9.17, 15) is 0 Å². The second kappa shape index (κ2) is 2.31. The number of fused-ring (bicyclic) bond motifs is 1. The van der Waals surface area contributed by atoms with Crippen molar-refractivity contribution in [1.82, 2.24) is 14.4 Å². The molecule has 0 saturated heterocycles. The highest BCUT2D eigenvalue weighted by Gasteiger charge is 2.02. The van der Waals surface area contributed by atoms with E-state index in [1.807, 2.05) is 6.92 Å². The van der Waals surface area contributed by atoms with E-state index in [4.69, 9.17) is 5.26 Å². The molecule has 0 aliphatic rings. The van der Waals surface area contributed by atoms with E-state index in [1.165, 1.54) is 0 Å². The lowest BCUT2D eigenvalue weighted by Crippen LogP contribution is -1.94. The molecule has 2 heterocycles. The van der Waals surface area contributed by atoms with Crippen LogP contribution in [0.2, 0.25) is 0 Å². The van der Waals surface area contributed by atoms with Crippen LogP contribution >= 0.6 is 0 Å². The molecular weight excluding hydrogens is 152 g/mol. The second-order valence-electron chi connectivity index (χ2n) is 2.50. The van der Waals surface area contributed by atoms with Crippen molar-refractivity contribution in [2.24, 2.45) is 0 Å². The van der Waals surface area contributed by atoms with Gasteiger partial charge in [0.15, 0.2) is 5.65 Å². The van der Waals surface area contributed by atoms with Gasteiger partial charge in [-0.05, 0) is 6.92 Å². The number of rotatable bonds is 0. The van der Waals surface area contributed by atoms with Crippen LogP contribution in [-0.2, 0) is 0 Å². The van der Waals surface area contributed by atoms with Crippen molar-refractivity contribution < 1.29 is 0 Å². The fourth-order valence-electron chi connectivity index (χ4n) is 1.18. The first-order valence-electron chi connectivity index (χ1n) is 3.51. The number of hydrogen-bond acceptors (Lipinski definition) is 3. The van der Waals surface area contributed by atoms with Crippen molar-refractivity contribution in [3.8, 4) is 6.07 Å². The van der Waals surface area contributed by atoms with Gasteiger partial charge in [0.05, 0.1) is 12.4 Å². The van der Waals surface area contributed by atoms with Crippen LogP contribution in [0.25, 0.3) is 5.65 Å². The quantitative estimate of drug-likeness (QED) is 0.572. The molecule has 4 nitrogen and oxygen atoms in total. The Morgan fingerprint density at radius 3 is 3.00 bits per heavy atom. The first-order valence-corrected chi connectivity index (χ1v) is 3.51. The minimum Gasteiger partial charge on any atom is -0.286 e. The van der Waals surface area contributed by atoms with Gasteiger partial charge >= 0.3 is 0 Å². The van der Waals surface area contributed by atoms with E-state index in [-0.39, 0.29) is 0 Å². The topological polar surface area (TPSA) is 54.0 Å². The molecule has 0 radical (unpaired) electrons. The van der Waals surface area contributed by atoms with Gasteiger partial charge in [-0.25, -0.2) is 4.98 Å². The number of aryl methyl sites for hydroxylation is 1. The highest BCUT2D eigenvalue weighted by atomic mass is 15.0. The summed E-state index contributed by atoms with van der Waals surface area (Å²) in [7, 11) is 0. The van der Waals surface area contributed by atoms with Crippen molar-refractivity contribution in [2.75, 3.05) is 0 Å². The zero-order valence-corrected chi connectivity index (χ0v) is 6.52. The maximum Gasteiger partial charge on any atom is 0.156 e. The lowest BCUT2D eigenvalue weighted by molar-refractivity contribution is 1.03. The van der Waals surface area contributed by atoms with Crippen LogP contribution < -0.4 is 0 Å². The summed E-state index contributed by atoms with van der Waals surface area (Å²) in [5.41, 5.74) is 2.18. The monoisotopic (exact) mass is 158 g/mol. The third kappa shape index (κ3) is 0.768. The highest BCUT2D eigenvalue weighted by molar-refractivity contribution is 5.42. The van der Waals surface area contributed by atoms with Crippen molar-refractivity contribution in [3.05, 3.63) is 30.0 Å². The number of nitrogens with zero attached hydrogens (tertiary/aromatic N) is 4. The van der Waals surface area contributed by atoms with Gasteiger partial charge in [-0.1, -0.05) is 0 Å². The van der Waals surface area contributed by atoms with E-state index in [1.54, 1.807) is 23.0 Å². The molecule has 0 atom stereocenters. The predicted octanol–water partition coefficient (Wildman–Crippen LogP) is 0.909. The number of imidazole rings is 1. The van der Waals surface area contributed by atoms with E-state index < -0.39 is 0 Å². The van der Waals surface area contributed by atoms with E-state index in [0.717, 1.165) is 5.69 Å². The van der Waals surface area contributed by atoms with Crippen LogP contribution in [0.5, 0.6) is 0 Å². The van der Waals surface area contributed by atoms with Crippen LogP contribution in [0, 0.1) is 18.3 Å². The largest absolute Gasteiger partial charge is 0.286 e. The van der Waals surface area contributed by atoms with Crippen LogP contribution in [0.4, 0.5) is 0 Å². The molecule has 0 aromatic carbocycles. The summed E-state index contributed by atoms with van der Waals surface area (Å²) >= 11 is 0. The summed E-state index contributed by atoms with van der Waals surface area (Å²) in [4.78, 5) is 8.00. The summed E-state index contributed by atoms with van der Waals surface area (Å²) in [6.07, 6.45) is 4.88. The predicted molar refractivity (Wildman–Crippen MR) is 42.4 cm³/mol. The van der Waals surface area contributed by atoms with Crippen molar-refractivity contribution in [2.45, 2.75) is 6.92 Å². The molecule has 0 spiro atoms. The maximum absolute atomic E-state index is 8.72. The van der Waals surface area contributed by atoms with Crippen molar-refractivity contribution in [1.29, 1.82) is 5.26 Å². The molecule has 2 aromatic heterocycles. The summed E-state index contributed by atoms with van der Waals surface area (Å²) in [5.74, 6) is 0. The van der Waals surface area contributed by atoms with Gasteiger partial charge in [-0.2, -0.15) is 5.26 Å². The molecule has 0 unspecified atom stereocenters. The van der Waals surface area contributed by atoms with Gasteiger partial charge in [-0.15, -0.1) is 0 Å². The molecule has 12 heavy (non-hydrogen) atoms. The molecule has 2 aromatic rings. The lowest BCUT2D eigenvalue weighted by Gasteiger charge is -1.97. The Morgan fingerprint density at radius 2 is 2.25 bits per heavy atom. The van der Waals surface area contributed by atoms with E-state index in [2.05, 4.69) is 16.0 Å². The lowest BCUT2D eigenvalue weighted by atomic mass is 10.4. The molecule has 0 aliphatic carbocycles. The third-order valence-corrected chi connectivity index (χ3v) is 1.71. The Hall–Kier alpha value is -1.89. The Balaban J connectivity index is 2.95. The second-order valence-corrected chi connectivity index (χ2v) is 2.50. The molecular formula is C8H6N4. The summed E-state index contributed by atoms with van der Waals surface area (Å²) in [6.45, 7) is 1.89. The molecule has 0 bridgehead atoms. The smallest absolute Gasteiger partial charge is 0.156 e. The SMILES string of the molecule is Cc1cncc2ncc(C#N)n12. The average molecular weight is 158 g/mol. The first kappa shape index (κ1) is 6.80. The van der Waals surface area contributed by atoms with E-state index in [0.29, 0.717) is 11.3 Å². The highest BCUT2D eigenvalue weighted by Crippen LogP contribution is 2.06. The molecule has 4 heteroatoms. The normalized spacial score (nSPS) is 10.0. The molecule has 0 N–H and O–H groups in total. The van der Waals surface area contributed by atoms with Gasteiger partial charge in [0.25, 0.3) is 0 Å². The van der Waals surface area contributed by atoms with Crippen LogP contribution in [-0.4, -0.2) is 14.4 Å². The Kier molecular flexibility index (Phi) is 1.31. The number of nitriles is 1. The fraction of sp³-hybridized carbons (Fsp3) is 0.125. The van der Waals surface area contributed by atoms with Gasteiger partial charge < -0.3 is 0 Å². The molecule has 0 amide bonds. The van der Waals surface area contributed by atoms with Crippen LogP contribution in [0.1, 0.15) is 11.4 Å². The summed E-state index contributed by atoms with van der Waals surface area (Å²) in [5, 5.41) is 8.72. The molecule has 0 saturated carbocycles. The number of aromatic nitrogens is 3. The number of hydrogen-bond donors (Lipinski definition) is 0. The Morgan fingerprint density at radius 1 is 1.42 bits per heavy atom. The van der Waals surface area contributed by atoms with Crippen LogP contribution in [0.15, 0.2) is 18.6 Å². The van der Waals surface area contributed by atoms with Crippen molar-refractivity contribution >= 4 is 5.65 Å². The first-order chi connectivity index (χ1) is 5.83. The molecule has 58 valence electrons. The molecule has 0 fully saturated rings. The zero-order valence-electron chi connectivity index (χ0n) is 6.52. The minimum atomic E-state index is 0.546. The standard InChI is InChI=1S/C8H6N4/c1-6-3-10-5-8-11-4-7(2-9)12(6)8/h3-5H,1H3. The average Bonchev–Trinajstić information content (AvgIpc) is 2.49. The zero-order chi connectivity index (χ0) is 8.55. The van der Waals surface area contributed by atoms with Gasteiger partial charge in [0.1, 0.15) is 11.8 Å². The Bertz CT molecular complexity index is 463. The fourth-order valence-corrected chi connectivity index (χ4v) is 1.18. The maximum atomic E-state index is 8.72. The molecule has 0 aliphatic heterocycles. The summed E-state index contributed by atoms with van der Waals surface area (Å²) in [6, 6.07) is 2.06. The van der Waals surface area contributed by atoms with Gasteiger partial charge in [0, 0.05) is 11.9 Å². The summed E-state index contributed by atoms with van der Waals surface area (Å²) < 4.78 is 1.77. The van der Waals surface area contributed by atoms with E-state index >= 15 is 0 Å².